The Labute approximate surface area is 114 Å². The van der Waals surface area contributed by atoms with Crippen molar-refractivity contribution in [3.8, 4) is 0 Å². The third-order valence-electron chi connectivity index (χ3n) is 4.04. The fourth-order valence-electron chi connectivity index (χ4n) is 2.94. The van der Waals surface area contributed by atoms with Gasteiger partial charge in [0.15, 0.2) is 0 Å². The molecule has 0 unspecified atom stereocenters. The van der Waals surface area contributed by atoms with Crippen LogP contribution in [0.1, 0.15) is 24.8 Å². The van der Waals surface area contributed by atoms with Crippen LogP contribution in [0.15, 0.2) is 48.1 Å². The summed E-state index contributed by atoms with van der Waals surface area (Å²) in [4.78, 5) is 0. The van der Waals surface area contributed by atoms with E-state index in [0.717, 1.165) is 19.3 Å². The molecule has 2 aliphatic heterocycles. The summed E-state index contributed by atoms with van der Waals surface area (Å²) in [7, 11) is 0. The molecule has 0 saturated carbocycles. The maximum Gasteiger partial charge on any atom is 0.0979 e. The molecule has 1 aromatic carbocycles. The SMILES string of the molecule is OC[C@H]1CCC/C(=C\c2ccccc2)[C@H]2C=C[C@@H]1O2. The van der Waals surface area contributed by atoms with Crippen molar-refractivity contribution in [3.05, 3.63) is 53.6 Å². The summed E-state index contributed by atoms with van der Waals surface area (Å²) in [6.45, 7) is 0.222. The number of aliphatic hydroxyl groups excluding tert-OH is 1. The van der Waals surface area contributed by atoms with E-state index in [9.17, 15) is 5.11 Å². The fraction of sp³-hybridized carbons (Fsp3) is 0.412. The van der Waals surface area contributed by atoms with E-state index in [2.05, 4.69) is 42.5 Å². The molecule has 3 rings (SSSR count). The molecular weight excluding hydrogens is 236 g/mol. The highest BCUT2D eigenvalue weighted by Gasteiger charge is 2.30. The van der Waals surface area contributed by atoms with E-state index in [4.69, 9.17) is 4.74 Å². The molecule has 1 N–H and O–H groups in total. The van der Waals surface area contributed by atoms with Crippen LogP contribution in [0.25, 0.3) is 6.08 Å². The Kier molecular flexibility index (Phi) is 3.81. The Morgan fingerprint density at radius 2 is 2.05 bits per heavy atom. The summed E-state index contributed by atoms with van der Waals surface area (Å²) in [5.41, 5.74) is 2.58. The van der Waals surface area contributed by atoms with E-state index in [-0.39, 0.29) is 24.7 Å². The second-order valence-electron chi connectivity index (χ2n) is 5.37. The Bertz CT molecular complexity index is 475. The number of rotatable bonds is 2. The number of benzene rings is 1. The van der Waals surface area contributed by atoms with Gasteiger partial charge in [-0.3, -0.25) is 0 Å². The van der Waals surface area contributed by atoms with Gasteiger partial charge in [0, 0.05) is 12.5 Å². The lowest BCUT2D eigenvalue weighted by molar-refractivity contribution is 0.0110. The lowest BCUT2D eigenvalue weighted by Gasteiger charge is -2.26. The van der Waals surface area contributed by atoms with Crippen LogP contribution in [0, 0.1) is 5.92 Å². The molecule has 2 heterocycles. The zero-order valence-electron chi connectivity index (χ0n) is 11.0. The van der Waals surface area contributed by atoms with Crippen LogP contribution in [0.3, 0.4) is 0 Å². The van der Waals surface area contributed by atoms with Crippen molar-refractivity contribution in [3.63, 3.8) is 0 Å². The van der Waals surface area contributed by atoms with Crippen molar-refractivity contribution < 1.29 is 9.84 Å². The number of aliphatic hydroxyl groups is 1. The van der Waals surface area contributed by atoms with Crippen LogP contribution in [0.5, 0.6) is 0 Å². The first-order chi connectivity index (χ1) is 9.36. The first kappa shape index (κ1) is 12.6. The number of hydrogen-bond donors (Lipinski definition) is 1. The van der Waals surface area contributed by atoms with E-state index in [0.29, 0.717) is 0 Å². The molecule has 0 amide bonds. The van der Waals surface area contributed by atoms with Gasteiger partial charge >= 0.3 is 0 Å². The van der Waals surface area contributed by atoms with E-state index in [1.807, 2.05) is 6.07 Å². The van der Waals surface area contributed by atoms with Crippen molar-refractivity contribution >= 4 is 6.08 Å². The molecule has 0 spiro atoms. The molecule has 3 atom stereocenters. The average Bonchev–Trinajstić information content (AvgIpc) is 2.93. The van der Waals surface area contributed by atoms with Crippen molar-refractivity contribution in [1.29, 1.82) is 0 Å². The maximum atomic E-state index is 9.40. The lowest BCUT2D eigenvalue weighted by atomic mass is 9.93. The zero-order valence-corrected chi connectivity index (χ0v) is 11.0. The highest BCUT2D eigenvalue weighted by atomic mass is 16.5. The summed E-state index contributed by atoms with van der Waals surface area (Å²) >= 11 is 0. The van der Waals surface area contributed by atoms with Crippen LogP contribution in [0.2, 0.25) is 0 Å². The van der Waals surface area contributed by atoms with Crippen LogP contribution >= 0.6 is 0 Å². The van der Waals surface area contributed by atoms with Crippen LogP contribution in [-0.4, -0.2) is 23.9 Å². The second kappa shape index (κ2) is 5.72. The highest BCUT2D eigenvalue weighted by molar-refractivity contribution is 5.54. The summed E-state index contributed by atoms with van der Waals surface area (Å²) in [6.07, 6.45) is 9.91. The van der Waals surface area contributed by atoms with Crippen LogP contribution in [0.4, 0.5) is 0 Å². The molecule has 19 heavy (non-hydrogen) atoms. The van der Waals surface area contributed by atoms with Gasteiger partial charge in [-0.2, -0.15) is 0 Å². The van der Waals surface area contributed by atoms with E-state index < -0.39 is 0 Å². The minimum Gasteiger partial charge on any atom is -0.396 e. The Hall–Kier alpha value is -1.38. The van der Waals surface area contributed by atoms with E-state index in [1.165, 1.54) is 11.1 Å². The monoisotopic (exact) mass is 256 g/mol. The molecule has 2 bridgehead atoms. The van der Waals surface area contributed by atoms with Crippen molar-refractivity contribution in [2.24, 2.45) is 5.92 Å². The Morgan fingerprint density at radius 1 is 1.21 bits per heavy atom. The largest absolute Gasteiger partial charge is 0.396 e. The summed E-state index contributed by atoms with van der Waals surface area (Å²) in [5, 5.41) is 9.40. The Balaban J connectivity index is 1.81. The third-order valence-corrected chi connectivity index (χ3v) is 4.04. The molecule has 2 nitrogen and oxygen atoms in total. The molecule has 1 aromatic rings. The van der Waals surface area contributed by atoms with Gasteiger partial charge in [0.05, 0.1) is 12.2 Å². The minimum atomic E-state index is 0.0921. The quantitative estimate of drug-likeness (QED) is 0.823. The van der Waals surface area contributed by atoms with Gasteiger partial charge in [-0.1, -0.05) is 48.6 Å². The van der Waals surface area contributed by atoms with Gasteiger partial charge in [0.2, 0.25) is 0 Å². The van der Waals surface area contributed by atoms with Crippen molar-refractivity contribution in [2.75, 3.05) is 6.61 Å². The molecule has 1 fully saturated rings. The number of fused-ring (bicyclic) bond motifs is 2. The summed E-state index contributed by atoms with van der Waals surface area (Å²) in [5.74, 6) is 0.263. The maximum absolute atomic E-state index is 9.40. The predicted molar refractivity (Wildman–Crippen MR) is 76.6 cm³/mol. The highest BCUT2D eigenvalue weighted by Crippen LogP contribution is 2.32. The molecule has 0 aromatic heterocycles. The molecule has 0 aliphatic carbocycles. The summed E-state index contributed by atoms with van der Waals surface area (Å²) < 4.78 is 6.05. The van der Waals surface area contributed by atoms with Gasteiger partial charge in [-0.15, -0.1) is 0 Å². The average molecular weight is 256 g/mol. The van der Waals surface area contributed by atoms with E-state index in [1.54, 1.807) is 0 Å². The predicted octanol–water partition coefficient (Wildman–Crippen LogP) is 3.19. The lowest BCUT2D eigenvalue weighted by Crippen LogP contribution is -2.27. The first-order valence-corrected chi connectivity index (χ1v) is 7.07. The van der Waals surface area contributed by atoms with E-state index >= 15 is 0 Å². The topological polar surface area (TPSA) is 29.5 Å². The zero-order chi connectivity index (χ0) is 13.1. The molecule has 100 valence electrons. The summed E-state index contributed by atoms with van der Waals surface area (Å²) in [6, 6.07) is 10.4. The van der Waals surface area contributed by atoms with Gasteiger partial charge in [0.25, 0.3) is 0 Å². The Morgan fingerprint density at radius 3 is 2.84 bits per heavy atom. The molecule has 2 aliphatic rings. The second-order valence-corrected chi connectivity index (χ2v) is 5.37. The van der Waals surface area contributed by atoms with Crippen LogP contribution in [-0.2, 0) is 4.74 Å². The third kappa shape index (κ3) is 2.80. The van der Waals surface area contributed by atoms with Crippen LogP contribution < -0.4 is 0 Å². The number of hydrogen-bond acceptors (Lipinski definition) is 2. The van der Waals surface area contributed by atoms with Gasteiger partial charge in [-0.05, 0) is 30.4 Å². The standard InChI is InChI=1S/C17H20O2/c18-12-15-8-4-7-14(16-9-10-17(15)19-16)11-13-5-2-1-3-6-13/h1-3,5-6,9-11,15-18H,4,7-8,12H2/b14-11+/t15-,16-,17+/m1/s1. The number of ether oxygens (including phenoxy) is 1. The minimum absolute atomic E-state index is 0.0921. The van der Waals surface area contributed by atoms with Gasteiger partial charge in [0.1, 0.15) is 0 Å². The van der Waals surface area contributed by atoms with Crippen molar-refractivity contribution in [2.45, 2.75) is 31.5 Å². The first-order valence-electron chi connectivity index (χ1n) is 7.07. The molecular formula is C17H20O2. The smallest absolute Gasteiger partial charge is 0.0979 e. The van der Waals surface area contributed by atoms with Gasteiger partial charge < -0.3 is 9.84 Å². The molecule has 0 radical (unpaired) electrons. The molecule has 1 saturated heterocycles. The normalized spacial score (nSPS) is 32.3. The van der Waals surface area contributed by atoms with Crippen molar-refractivity contribution in [1.82, 2.24) is 0 Å². The molecule has 2 heteroatoms. The van der Waals surface area contributed by atoms with Gasteiger partial charge in [-0.25, -0.2) is 0 Å². The fourth-order valence-corrected chi connectivity index (χ4v) is 2.94.